The van der Waals surface area contributed by atoms with Crippen LogP contribution in [0.1, 0.15) is 97.3 Å². The van der Waals surface area contributed by atoms with Crippen LogP contribution < -0.4 is 0 Å². The largest absolute Gasteiger partial charge is 0.412 e. The molecule has 1 aliphatic rings. The van der Waals surface area contributed by atoms with Crippen LogP contribution in [0.4, 0.5) is 0 Å². The molecule has 1 aliphatic heterocycles. The third kappa shape index (κ3) is 9.03. The van der Waals surface area contributed by atoms with Gasteiger partial charge in [0, 0.05) is 0 Å². The van der Waals surface area contributed by atoms with Gasteiger partial charge in [-0.15, -0.1) is 0 Å². The summed E-state index contributed by atoms with van der Waals surface area (Å²) >= 11 is 0. The van der Waals surface area contributed by atoms with E-state index in [0.717, 1.165) is 0 Å². The highest BCUT2D eigenvalue weighted by Gasteiger charge is 2.37. The predicted molar refractivity (Wildman–Crippen MR) is 97.5 cm³/mol. The highest BCUT2D eigenvalue weighted by atomic mass is 28.4. The number of hydrogen-bond acceptors (Lipinski definition) is 1. The van der Waals surface area contributed by atoms with Gasteiger partial charge in [0.05, 0.1) is 5.60 Å². The Kier molecular flexibility index (Phi) is 9.20. The molecule has 0 radical (unpaired) electrons. The minimum Gasteiger partial charge on any atom is -0.412 e. The van der Waals surface area contributed by atoms with Crippen molar-refractivity contribution >= 4 is 8.32 Å². The van der Waals surface area contributed by atoms with E-state index in [4.69, 9.17) is 4.43 Å². The molecule has 21 heavy (non-hydrogen) atoms. The fraction of sp³-hybridized carbons (Fsp3) is 1.00. The highest BCUT2D eigenvalue weighted by molar-refractivity contribution is 6.71. The Morgan fingerprint density at radius 2 is 1.38 bits per heavy atom. The molecule has 126 valence electrons. The highest BCUT2D eigenvalue weighted by Crippen LogP contribution is 2.36. The molecule has 1 nitrogen and oxygen atoms in total. The maximum atomic E-state index is 6.48. The smallest absolute Gasteiger partial charge is 0.187 e. The van der Waals surface area contributed by atoms with Gasteiger partial charge in [0.15, 0.2) is 8.32 Å². The molecule has 0 bridgehead atoms. The summed E-state index contributed by atoms with van der Waals surface area (Å²) in [5.74, 6) is 0. The molecule has 2 heteroatoms. The summed E-state index contributed by atoms with van der Waals surface area (Å²) < 4.78 is 6.48. The molecule has 1 saturated heterocycles. The molecule has 1 atom stereocenters. The molecular formula is C19H40OSi. The molecule has 1 rings (SSSR count). The molecule has 0 aromatic rings. The first kappa shape index (κ1) is 19.2. The predicted octanol–water partition coefficient (Wildman–Crippen LogP) is 7.07. The summed E-state index contributed by atoms with van der Waals surface area (Å²) in [6, 6.07) is 1.36. The van der Waals surface area contributed by atoms with E-state index in [2.05, 4.69) is 26.9 Å². The first-order chi connectivity index (χ1) is 9.97. The average molecular weight is 313 g/mol. The second-order valence-corrected chi connectivity index (χ2v) is 12.3. The van der Waals surface area contributed by atoms with E-state index in [-0.39, 0.29) is 5.60 Å². The third-order valence-corrected chi connectivity index (χ3v) is 7.67. The Labute approximate surface area is 135 Å². The zero-order valence-electron chi connectivity index (χ0n) is 15.3. The lowest BCUT2D eigenvalue weighted by Gasteiger charge is -2.43. The topological polar surface area (TPSA) is 9.23 Å². The van der Waals surface area contributed by atoms with Gasteiger partial charge in [-0.25, -0.2) is 0 Å². The van der Waals surface area contributed by atoms with Crippen LogP contribution in [0.5, 0.6) is 0 Å². The summed E-state index contributed by atoms with van der Waals surface area (Å²) in [4.78, 5) is 0. The molecule has 0 aromatic carbocycles. The fourth-order valence-corrected chi connectivity index (χ4v) is 6.49. The first-order valence-electron chi connectivity index (χ1n) is 9.68. The maximum absolute atomic E-state index is 6.48. The van der Waals surface area contributed by atoms with Gasteiger partial charge in [0.2, 0.25) is 0 Å². The quantitative estimate of drug-likeness (QED) is 0.293. The van der Waals surface area contributed by atoms with Crippen molar-refractivity contribution in [1.29, 1.82) is 0 Å². The lowest BCUT2D eigenvalue weighted by Crippen LogP contribution is -2.46. The molecule has 1 unspecified atom stereocenters. The Morgan fingerprint density at radius 3 is 1.90 bits per heavy atom. The molecule has 0 aliphatic carbocycles. The van der Waals surface area contributed by atoms with Crippen LogP contribution in [0, 0.1) is 0 Å². The minimum atomic E-state index is -1.32. The molecule has 1 heterocycles. The van der Waals surface area contributed by atoms with Gasteiger partial charge in [-0.1, -0.05) is 77.6 Å². The van der Waals surface area contributed by atoms with Gasteiger partial charge in [-0.2, -0.15) is 0 Å². The van der Waals surface area contributed by atoms with E-state index in [0.29, 0.717) is 0 Å². The maximum Gasteiger partial charge on any atom is 0.187 e. The van der Waals surface area contributed by atoms with Gasteiger partial charge >= 0.3 is 0 Å². The monoisotopic (exact) mass is 312 g/mol. The van der Waals surface area contributed by atoms with E-state index in [9.17, 15) is 0 Å². The zero-order chi connectivity index (χ0) is 15.6. The Morgan fingerprint density at radius 1 is 0.857 bits per heavy atom. The van der Waals surface area contributed by atoms with Crippen LogP contribution in [-0.4, -0.2) is 13.9 Å². The lowest BCUT2D eigenvalue weighted by atomic mass is 9.93. The lowest BCUT2D eigenvalue weighted by molar-refractivity contribution is 0.0418. The van der Waals surface area contributed by atoms with E-state index in [1.807, 2.05) is 0 Å². The summed E-state index contributed by atoms with van der Waals surface area (Å²) in [6.07, 6.45) is 18.3. The molecule has 0 spiro atoms. The third-order valence-electron chi connectivity index (χ3n) is 5.07. The second kappa shape index (κ2) is 10.0. The van der Waals surface area contributed by atoms with Gasteiger partial charge < -0.3 is 4.43 Å². The van der Waals surface area contributed by atoms with Gasteiger partial charge in [-0.3, -0.25) is 0 Å². The van der Waals surface area contributed by atoms with Gasteiger partial charge in [0.25, 0.3) is 0 Å². The molecular weight excluding hydrogens is 272 g/mol. The number of hydrogen-bond donors (Lipinski definition) is 0. The number of unbranched alkanes of at least 4 members (excludes halogenated alkanes) is 9. The molecule has 0 saturated carbocycles. The van der Waals surface area contributed by atoms with Crippen molar-refractivity contribution in [3.63, 3.8) is 0 Å². The second-order valence-electron chi connectivity index (χ2n) is 8.10. The Bertz CT molecular complexity index is 264. The molecule has 1 fully saturated rings. The van der Waals surface area contributed by atoms with Gasteiger partial charge in [-0.05, 0) is 38.9 Å². The van der Waals surface area contributed by atoms with E-state index in [1.165, 1.54) is 89.5 Å². The average Bonchev–Trinajstić information content (AvgIpc) is 2.39. The van der Waals surface area contributed by atoms with Crippen molar-refractivity contribution in [1.82, 2.24) is 0 Å². The fourth-order valence-electron chi connectivity index (χ4n) is 3.82. The van der Waals surface area contributed by atoms with Crippen LogP contribution in [0.25, 0.3) is 0 Å². The summed E-state index contributed by atoms with van der Waals surface area (Å²) in [6.45, 7) is 9.45. The van der Waals surface area contributed by atoms with Crippen LogP contribution in [0.3, 0.4) is 0 Å². The van der Waals surface area contributed by atoms with E-state index in [1.54, 1.807) is 0 Å². The van der Waals surface area contributed by atoms with E-state index < -0.39 is 8.32 Å². The van der Waals surface area contributed by atoms with Crippen molar-refractivity contribution in [2.45, 2.75) is 122 Å². The normalized spacial score (nSPS) is 25.1. The van der Waals surface area contributed by atoms with Crippen molar-refractivity contribution < 1.29 is 4.43 Å². The van der Waals surface area contributed by atoms with Crippen molar-refractivity contribution in [2.75, 3.05) is 0 Å². The summed E-state index contributed by atoms with van der Waals surface area (Å²) in [5.41, 5.74) is 0.216. The van der Waals surface area contributed by atoms with Crippen LogP contribution in [-0.2, 0) is 4.43 Å². The molecule has 0 N–H and O–H groups in total. The summed E-state index contributed by atoms with van der Waals surface area (Å²) in [5, 5.41) is 0. The number of rotatable bonds is 11. The zero-order valence-corrected chi connectivity index (χ0v) is 16.3. The van der Waals surface area contributed by atoms with Crippen LogP contribution in [0.15, 0.2) is 0 Å². The van der Waals surface area contributed by atoms with Crippen molar-refractivity contribution in [3.05, 3.63) is 0 Å². The van der Waals surface area contributed by atoms with Crippen LogP contribution >= 0.6 is 0 Å². The van der Waals surface area contributed by atoms with Crippen LogP contribution in [0.2, 0.25) is 19.1 Å². The van der Waals surface area contributed by atoms with E-state index >= 15 is 0 Å². The molecule has 0 aromatic heterocycles. The first-order valence-corrected chi connectivity index (χ1v) is 12.8. The standard InChI is InChI=1S/C19H40OSi/c1-5-6-7-8-9-10-11-12-13-14-16-19(2)17-15-18-21(3,4)20-19/h5-18H2,1-4H3. The Balaban J connectivity index is 1.96. The Hall–Kier alpha value is 0.177. The van der Waals surface area contributed by atoms with Crippen molar-refractivity contribution in [3.8, 4) is 0 Å². The SMILES string of the molecule is CCCCCCCCCCCCC1(C)CCC[Si](C)(C)O1. The van der Waals surface area contributed by atoms with Gasteiger partial charge in [0.1, 0.15) is 0 Å². The summed E-state index contributed by atoms with van der Waals surface area (Å²) in [7, 11) is -1.32. The molecule has 0 amide bonds. The minimum absolute atomic E-state index is 0.216. The van der Waals surface area contributed by atoms with Crippen molar-refractivity contribution in [2.24, 2.45) is 0 Å².